The number of hydrogen-bond donors (Lipinski definition) is 1. The van der Waals surface area contributed by atoms with E-state index in [9.17, 15) is 9.18 Å². The van der Waals surface area contributed by atoms with Gasteiger partial charge in [-0.25, -0.2) is 9.37 Å². The highest BCUT2D eigenvalue weighted by Gasteiger charge is 2.23. The number of halogens is 1. The summed E-state index contributed by atoms with van der Waals surface area (Å²) in [5.41, 5.74) is 11.2. The first-order valence-corrected chi connectivity index (χ1v) is 12.9. The first-order chi connectivity index (χ1) is 18.5. The molecule has 38 heavy (non-hydrogen) atoms. The minimum absolute atomic E-state index is 0.0199. The summed E-state index contributed by atoms with van der Waals surface area (Å²) >= 11 is 0. The van der Waals surface area contributed by atoms with Crippen molar-refractivity contribution in [3.05, 3.63) is 89.9 Å². The highest BCUT2D eigenvalue weighted by atomic mass is 19.1. The molecule has 5 rings (SSSR count). The van der Waals surface area contributed by atoms with Gasteiger partial charge in [0.25, 0.3) is 5.91 Å². The average Bonchev–Trinajstić information content (AvgIpc) is 3.30. The summed E-state index contributed by atoms with van der Waals surface area (Å²) in [6, 6.07) is 19.9. The molecule has 0 spiro atoms. The number of carbonyl (C=O) groups is 1. The van der Waals surface area contributed by atoms with Crippen molar-refractivity contribution in [3.63, 3.8) is 0 Å². The molecule has 7 nitrogen and oxygen atoms in total. The molecule has 196 valence electrons. The summed E-state index contributed by atoms with van der Waals surface area (Å²) in [6.07, 6.45) is 2.85. The van der Waals surface area contributed by atoms with E-state index in [4.69, 9.17) is 15.5 Å². The Morgan fingerprint density at radius 1 is 1.05 bits per heavy atom. The molecular formula is C30H32FN5O2. The van der Waals surface area contributed by atoms with Crippen molar-refractivity contribution in [2.75, 3.05) is 38.2 Å². The number of amides is 1. The monoisotopic (exact) mass is 513 g/mol. The van der Waals surface area contributed by atoms with Gasteiger partial charge in [-0.1, -0.05) is 25.1 Å². The van der Waals surface area contributed by atoms with Crippen molar-refractivity contribution in [1.82, 2.24) is 14.5 Å². The van der Waals surface area contributed by atoms with Crippen LogP contribution >= 0.6 is 0 Å². The van der Waals surface area contributed by atoms with Crippen LogP contribution in [-0.2, 0) is 6.54 Å². The number of carbonyl (C=O) groups excluding carboxylic acids is 1. The van der Waals surface area contributed by atoms with Crippen LogP contribution in [0, 0.1) is 5.82 Å². The summed E-state index contributed by atoms with van der Waals surface area (Å²) in [6.45, 7) is 5.12. The quantitative estimate of drug-likeness (QED) is 0.374. The Hall–Kier alpha value is -4.33. The van der Waals surface area contributed by atoms with Gasteiger partial charge < -0.3 is 24.8 Å². The number of nitrogens with zero attached hydrogens (tertiary/aromatic N) is 4. The van der Waals surface area contributed by atoms with E-state index in [-0.39, 0.29) is 11.7 Å². The van der Waals surface area contributed by atoms with Gasteiger partial charge in [0.1, 0.15) is 17.4 Å². The van der Waals surface area contributed by atoms with E-state index in [1.807, 2.05) is 53.4 Å². The van der Waals surface area contributed by atoms with E-state index >= 15 is 0 Å². The van der Waals surface area contributed by atoms with Crippen LogP contribution < -0.4 is 15.4 Å². The molecule has 1 saturated heterocycles. The summed E-state index contributed by atoms with van der Waals surface area (Å²) in [5.74, 6) is 1.24. The second-order valence-corrected chi connectivity index (χ2v) is 9.40. The highest BCUT2D eigenvalue weighted by molar-refractivity contribution is 5.98. The molecule has 2 heterocycles. The molecule has 1 fully saturated rings. The van der Waals surface area contributed by atoms with Gasteiger partial charge in [0.15, 0.2) is 0 Å². The van der Waals surface area contributed by atoms with E-state index in [1.165, 1.54) is 12.1 Å². The molecule has 2 N–H and O–H groups in total. The lowest BCUT2D eigenvalue weighted by molar-refractivity contribution is 0.0747. The molecule has 3 aromatic carbocycles. The fraction of sp³-hybridized carbons (Fsp3) is 0.267. The van der Waals surface area contributed by atoms with Crippen LogP contribution in [0.25, 0.3) is 22.4 Å². The Morgan fingerprint density at radius 2 is 1.82 bits per heavy atom. The molecule has 0 aliphatic carbocycles. The fourth-order valence-corrected chi connectivity index (χ4v) is 4.92. The third kappa shape index (κ3) is 5.20. The highest BCUT2D eigenvalue weighted by Crippen LogP contribution is 2.29. The number of benzene rings is 3. The summed E-state index contributed by atoms with van der Waals surface area (Å²) in [4.78, 5) is 22.4. The van der Waals surface area contributed by atoms with Gasteiger partial charge >= 0.3 is 0 Å². The molecule has 1 aliphatic heterocycles. The number of anilines is 1. The van der Waals surface area contributed by atoms with Crippen LogP contribution in [-0.4, -0.2) is 53.6 Å². The lowest BCUT2D eigenvalue weighted by Crippen LogP contribution is -2.48. The molecule has 1 aliphatic rings. The minimum atomic E-state index is -0.251. The van der Waals surface area contributed by atoms with Gasteiger partial charge in [-0.2, -0.15) is 0 Å². The van der Waals surface area contributed by atoms with E-state index < -0.39 is 0 Å². The Bertz CT molecular complexity index is 1470. The summed E-state index contributed by atoms with van der Waals surface area (Å²) in [7, 11) is 1.64. The predicted molar refractivity (Wildman–Crippen MR) is 149 cm³/mol. The Kier molecular flexibility index (Phi) is 7.31. The van der Waals surface area contributed by atoms with Crippen LogP contribution in [0.2, 0.25) is 0 Å². The zero-order valence-electron chi connectivity index (χ0n) is 21.7. The van der Waals surface area contributed by atoms with Gasteiger partial charge in [-0.05, 0) is 61.0 Å². The van der Waals surface area contributed by atoms with E-state index in [2.05, 4.69) is 16.4 Å². The second kappa shape index (κ2) is 11.0. The normalized spacial score (nSPS) is 14.2. The average molecular weight is 514 g/mol. The molecule has 4 aromatic rings. The second-order valence-electron chi connectivity index (χ2n) is 9.40. The number of rotatable bonds is 7. The van der Waals surface area contributed by atoms with Crippen LogP contribution in [0.4, 0.5) is 10.1 Å². The first-order valence-electron chi connectivity index (χ1n) is 12.9. The molecule has 0 bridgehead atoms. The molecule has 0 atom stereocenters. The van der Waals surface area contributed by atoms with Crippen LogP contribution in [0.1, 0.15) is 23.7 Å². The van der Waals surface area contributed by atoms with E-state index in [0.717, 1.165) is 46.0 Å². The SMILES string of the molecule is CC/C=C(/N)Cn1c(-c2cccc(OC)c2)nc2cc(C(=O)N3CCN(c4ccc(F)cc4)CC3)ccc21. The lowest BCUT2D eigenvalue weighted by Gasteiger charge is -2.36. The maximum absolute atomic E-state index is 13.4. The third-order valence-corrected chi connectivity index (χ3v) is 6.89. The van der Waals surface area contributed by atoms with Gasteiger partial charge in [0, 0.05) is 48.7 Å². The first kappa shape index (κ1) is 25.3. The van der Waals surface area contributed by atoms with Crippen molar-refractivity contribution in [1.29, 1.82) is 0 Å². The molecule has 0 radical (unpaired) electrons. The summed E-state index contributed by atoms with van der Waals surface area (Å²) in [5, 5.41) is 0. The zero-order chi connectivity index (χ0) is 26.6. The van der Waals surface area contributed by atoms with Crippen molar-refractivity contribution < 1.29 is 13.9 Å². The van der Waals surface area contributed by atoms with Crippen LogP contribution in [0.15, 0.2) is 78.5 Å². The molecule has 1 aromatic heterocycles. The van der Waals surface area contributed by atoms with Crippen LogP contribution in [0.3, 0.4) is 0 Å². The topological polar surface area (TPSA) is 76.6 Å². The number of methoxy groups -OCH3 is 1. The number of aromatic nitrogens is 2. The van der Waals surface area contributed by atoms with Crippen molar-refractivity contribution in [3.8, 4) is 17.1 Å². The number of imidazole rings is 1. The number of hydrogen-bond acceptors (Lipinski definition) is 5. The lowest BCUT2D eigenvalue weighted by atomic mass is 10.1. The number of fused-ring (bicyclic) bond motifs is 1. The smallest absolute Gasteiger partial charge is 0.254 e. The number of allylic oxidation sites excluding steroid dienone is 2. The molecule has 0 unspecified atom stereocenters. The van der Waals surface area contributed by atoms with Gasteiger partial charge in [-0.15, -0.1) is 0 Å². The zero-order valence-corrected chi connectivity index (χ0v) is 21.7. The Morgan fingerprint density at radius 3 is 2.53 bits per heavy atom. The van der Waals surface area contributed by atoms with Gasteiger partial charge in [-0.3, -0.25) is 4.79 Å². The maximum atomic E-state index is 13.4. The van der Waals surface area contributed by atoms with E-state index in [1.54, 1.807) is 19.2 Å². The van der Waals surface area contributed by atoms with Gasteiger partial charge in [0.05, 0.1) is 24.7 Å². The largest absolute Gasteiger partial charge is 0.497 e. The van der Waals surface area contributed by atoms with Crippen molar-refractivity contribution in [2.24, 2.45) is 5.73 Å². The maximum Gasteiger partial charge on any atom is 0.254 e. The third-order valence-electron chi connectivity index (χ3n) is 6.89. The Balaban J connectivity index is 1.42. The molecule has 1 amide bonds. The number of nitrogens with two attached hydrogens (primary N) is 1. The molecule has 0 saturated carbocycles. The predicted octanol–water partition coefficient (Wildman–Crippen LogP) is 5.07. The summed E-state index contributed by atoms with van der Waals surface area (Å²) < 4.78 is 20.8. The number of ether oxygens (including phenoxy) is 1. The van der Waals surface area contributed by atoms with Crippen LogP contribution in [0.5, 0.6) is 5.75 Å². The standard InChI is InChI=1S/C30H32FN5O2/c1-3-5-24(32)20-36-28-13-8-22(19-27(28)33-29(36)21-6-4-7-26(18-21)38-2)30(37)35-16-14-34(15-17-35)25-11-9-23(31)10-12-25/h4-13,18-19H,3,14-17,20,32H2,1-2H3/b24-5+. The van der Waals surface area contributed by atoms with E-state index in [0.29, 0.717) is 38.3 Å². The minimum Gasteiger partial charge on any atom is -0.497 e. The van der Waals surface area contributed by atoms with Crippen molar-refractivity contribution >= 4 is 22.6 Å². The van der Waals surface area contributed by atoms with Crippen molar-refractivity contribution in [2.45, 2.75) is 19.9 Å². The van der Waals surface area contributed by atoms with Gasteiger partial charge in [0.2, 0.25) is 0 Å². The number of piperazine rings is 1. The molecular weight excluding hydrogens is 481 g/mol. The fourth-order valence-electron chi connectivity index (χ4n) is 4.92. The molecule has 8 heteroatoms. The Labute approximate surface area is 221 Å².